The smallest absolute Gasteiger partial charge is 0.311 e. The third-order valence-corrected chi connectivity index (χ3v) is 13.3. The predicted molar refractivity (Wildman–Crippen MR) is 142 cm³/mol. The van der Waals surface area contributed by atoms with Gasteiger partial charge in [0.05, 0.1) is 18.1 Å². The van der Waals surface area contributed by atoms with Gasteiger partial charge in [-0.3, -0.25) is 9.59 Å². The lowest BCUT2D eigenvalue weighted by molar-refractivity contribution is -0.202. The van der Waals surface area contributed by atoms with Crippen LogP contribution < -0.4 is 0 Å². The summed E-state index contributed by atoms with van der Waals surface area (Å²) < 4.78 is 5.54. The molecule has 0 saturated heterocycles. The molecule has 5 aliphatic carbocycles. The highest BCUT2D eigenvalue weighted by Crippen LogP contribution is 2.75. The fourth-order valence-electron chi connectivity index (χ4n) is 10.7. The second-order valence-corrected chi connectivity index (χ2v) is 15.3. The number of aliphatic hydroxyl groups is 1. The number of allylic oxidation sites excluding steroid dienone is 2. The number of hydrogen-bond acceptors (Lipinski definition) is 4. The van der Waals surface area contributed by atoms with Crippen LogP contribution in [0, 0.1) is 50.2 Å². The Bertz CT molecular complexity index is 996. The van der Waals surface area contributed by atoms with E-state index in [9.17, 15) is 14.7 Å². The van der Waals surface area contributed by atoms with E-state index in [1.165, 1.54) is 5.57 Å². The van der Waals surface area contributed by atoms with Crippen molar-refractivity contribution >= 4 is 11.8 Å². The first kappa shape index (κ1) is 26.4. The Morgan fingerprint density at radius 2 is 1.64 bits per heavy atom. The molecule has 5 aliphatic rings. The van der Waals surface area contributed by atoms with E-state index in [-0.39, 0.29) is 51.0 Å². The number of aliphatic hydroxyl groups excluding tert-OH is 1. The number of rotatable bonds is 2. The molecule has 0 aromatic rings. The average Bonchev–Trinajstić information content (AvgIpc) is 2.79. The van der Waals surface area contributed by atoms with Gasteiger partial charge < -0.3 is 9.84 Å². The molecule has 0 heterocycles. The fourth-order valence-corrected chi connectivity index (χ4v) is 10.7. The third kappa shape index (κ3) is 3.21. The zero-order valence-electron chi connectivity index (χ0n) is 24.1. The largest absolute Gasteiger partial charge is 0.466 e. The molecular formula is C32H50O4. The number of ketones is 1. The van der Waals surface area contributed by atoms with Crippen LogP contribution in [0.15, 0.2) is 11.6 Å². The van der Waals surface area contributed by atoms with Crippen LogP contribution in [0.4, 0.5) is 0 Å². The second kappa shape index (κ2) is 7.93. The Hall–Kier alpha value is -1.16. The van der Waals surface area contributed by atoms with Crippen molar-refractivity contribution in [3.8, 4) is 0 Å². The summed E-state index contributed by atoms with van der Waals surface area (Å²) in [6.45, 7) is 18.5. The van der Waals surface area contributed by atoms with Gasteiger partial charge >= 0.3 is 5.97 Å². The molecule has 9 atom stereocenters. The number of hydrogen-bond donors (Lipinski definition) is 1. The lowest BCUT2D eigenvalue weighted by atomic mass is 9.33. The maximum absolute atomic E-state index is 14.3. The summed E-state index contributed by atoms with van der Waals surface area (Å²) in [7, 11) is 0. The molecule has 0 aromatic carbocycles. The van der Waals surface area contributed by atoms with Crippen LogP contribution in [0.5, 0.6) is 0 Å². The van der Waals surface area contributed by atoms with Gasteiger partial charge in [0.1, 0.15) is 0 Å². The Kier molecular flexibility index (Phi) is 5.83. The van der Waals surface area contributed by atoms with Gasteiger partial charge in [-0.25, -0.2) is 0 Å². The third-order valence-electron chi connectivity index (χ3n) is 13.3. The average molecular weight is 499 g/mol. The molecule has 3 unspecified atom stereocenters. The molecule has 202 valence electrons. The molecule has 4 saturated carbocycles. The topological polar surface area (TPSA) is 63.6 Å². The minimum Gasteiger partial charge on any atom is -0.466 e. The summed E-state index contributed by atoms with van der Waals surface area (Å²) in [6.07, 6.45) is 10.6. The van der Waals surface area contributed by atoms with E-state index in [0.29, 0.717) is 18.3 Å². The van der Waals surface area contributed by atoms with E-state index in [2.05, 4.69) is 54.5 Å². The first-order valence-corrected chi connectivity index (χ1v) is 14.7. The van der Waals surface area contributed by atoms with E-state index < -0.39 is 5.41 Å². The van der Waals surface area contributed by atoms with Crippen LogP contribution in [0.1, 0.15) is 113 Å². The summed E-state index contributed by atoms with van der Waals surface area (Å²) in [6, 6.07) is 0. The molecule has 4 nitrogen and oxygen atoms in total. The SMILES string of the molecule is CCOC(=O)[C@@]1(C)CC[C@]2(C)CC[C@]3(C)C(=CC(=O)C4[C@@]5(C)CCC(O)C(C)(C)C5CC[C@]43C)[C@H]2C1. The first-order chi connectivity index (χ1) is 16.6. The number of ether oxygens (including phenoxy) is 1. The second-order valence-electron chi connectivity index (χ2n) is 15.3. The van der Waals surface area contributed by atoms with E-state index in [0.717, 1.165) is 57.8 Å². The summed E-state index contributed by atoms with van der Waals surface area (Å²) in [4.78, 5) is 27.4. The standard InChI is InChI=1S/C32H50O4/c1-9-36-26(35)29(5)15-14-28(4)16-17-31(7)20(21(28)19-29)18-22(33)25-30(6)12-11-24(34)27(2,3)23(30)10-13-32(25,31)8/h18,21,23-25,34H,9-17,19H2,1-8H3/t21-,23?,24?,25?,28-,29+,30+,31-,32-/m1/s1. The van der Waals surface area contributed by atoms with Crippen LogP contribution >= 0.6 is 0 Å². The molecule has 0 aromatic heterocycles. The Morgan fingerprint density at radius 3 is 2.31 bits per heavy atom. The zero-order valence-corrected chi connectivity index (χ0v) is 24.1. The zero-order chi connectivity index (χ0) is 26.5. The van der Waals surface area contributed by atoms with Gasteiger partial charge in [-0.15, -0.1) is 0 Å². The number of fused-ring (bicyclic) bond motifs is 7. The molecule has 0 bridgehead atoms. The highest BCUT2D eigenvalue weighted by atomic mass is 16.5. The minimum atomic E-state index is -0.479. The van der Waals surface area contributed by atoms with Gasteiger partial charge in [0.25, 0.3) is 0 Å². The monoisotopic (exact) mass is 498 g/mol. The van der Waals surface area contributed by atoms with Gasteiger partial charge in [-0.2, -0.15) is 0 Å². The van der Waals surface area contributed by atoms with Crippen molar-refractivity contribution in [2.75, 3.05) is 6.61 Å². The van der Waals surface area contributed by atoms with Gasteiger partial charge in [0.2, 0.25) is 0 Å². The van der Waals surface area contributed by atoms with Gasteiger partial charge in [-0.05, 0) is 117 Å². The lowest BCUT2D eigenvalue weighted by Gasteiger charge is -2.70. The molecule has 1 N–H and O–H groups in total. The molecular weight excluding hydrogens is 448 g/mol. The van der Waals surface area contributed by atoms with Crippen molar-refractivity contribution in [3.05, 3.63) is 11.6 Å². The molecule has 0 amide bonds. The van der Waals surface area contributed by atoms with Crippen LogP contribution in [-0.2, 0) is 14.3 Å². The Balaban J connectivity index is 1.59. The minimum absolute atomic E-state index is 0.00587. The molecule has 5 rings (SSSR count). The maximum atomic E-state index is 14.3. The van der Waals surface area contributed by atoms with Crippen molar-refractivity contribution in [2.24, 2.45) is 50.2 Å². The van der Waals surface area contributed by atoms with Crippen LogP contribution in [0.25, 0.3) is 0 Å². The molecule has 36 heavy (non-hydrogen) atoms. The van der Waals surface area contributed by atoms with Crippen molar-refractivity contribution in [2.45, 2.75) is 119 Å². The maximum Gasteiger partial charge on any atom is 0.311 e. The quantitative estimate of drug-likeness (QED) is 0.421. The van der Waals surface area contributed by atoms with Crippen molar-refractivity contribution < 1.29 is 19.4 Å². The highest BCUT2D eigenvalue weighted by Gasteiger charge is 2.70. The summed E-state index contributed by atoms with van der Waals surface area (Å²) in [5.41, 5.74) is 0.590. The molecule has 4 fully saturated rings. The predicted octanol–water partition coefficient (Wildman–Crippen LogP) is 6.89. The molecule has 4 heteroatoms. The van der Waals surface area contributed by atoms with Crippen LogP contribution in [0.2, 0.25) is 0 Å². The number of carbonyl (C=O) groups is 2. The Labute approximate surface area is 219 Å². The Morgan fingerprint density at radius 1 is 0.972 bits per heavy atom. The van der Waals surface area contributed by atoms with Crippen molar-refractivity contribution in [3.63, 3.8) is 0 Å². The van der Waals surface area contributed by atoms with E-state index in [1.807, 2.05) is 6.92 Å². The molecule has 0 radical (unpaired) electrons. The first-order valence-electron chi connectivity index (χ1n) is 14.7. The summed E-state index contributed by atoms with van der Waals surface area (Å²) >= 11 is 0. The van der Waals surface area contributed by atoms with Crippen molar-refractivity contribution in [1.82, 2.24) is 0 Å². The summed E-state index contributed by atoms with van der Waals surface area (Å²) in [5.74, 6) is 0.842. The molecule has 0 aliphatic heterocycles. The normalized spacial score (nSPS) is 51.7. The molecule has 0 spiro atoms. The summed E-state index contributed by atoms with van der Waals surface area (Å²) in [5, 5.41) is 10.9. The lowest BCUT2D eigenvalue weighted by Crippen LogP contribution is -2.66. The number of carbonyl (C=O) groups excluding carboxylic acids is 2. The van der Waals surface area contributed by atoms with Gasteiger partial charge in [-0.1, -0.05) is 47.1 Å². The van der Waals surface area contributed by atoms with Crippen LogP contribution in [0.3, 0.4) is 0 Å². The van der Waals surface area contributed by atoms with E-state index >= 15 is 0 Å². The number of esters is 1. The highest BCUT2D eigenvalue weighted by molar-refractivity contribution is 5.95. The van der Waals surface area contributed by atoms with Gasteiger partial charge in [0, 0.05) is 5.92 Å². The fraction of sp³-hybridized carbons (Fsp3) is 0.875. The van der Waals surface area contributed by atoms with Crippen LogP contribution in [-0.4, -0.2) is 29.6 Å². The van der Waals surface area contributed by atoms with Gasteiger partial charge in [0.15, 0.2) is 5.78 Å². The van der Waals surface area contributed by atoms with E-state index in [4.69, 9.17) is 4.74 Å². The van der Waals surface area contributed by atoms with E-state index in [1.54, 1.807) is 0 Å². The van der Waals surface area contributed by atoms with Crippen molar-refractivity contribution in [1.29, 1.82) is 0 Å².